The molecular formula is C9H20O3. The maximum Gasteiger partial charge on any atom is 0.151 e. The Morgan fingerprint density at radius 2 is 1.83 bits per heavy atom. The average Bonchev–Trinajstić information content (AvgIpc) is 1.87. The number of hydrogen-bond donors (Lipinski definition) is 3. The van der Waals surface area contributed by atoms with Crippen molar-refractivity contribution >= 4 is 0 Å². The summed E-state index contributed by atoms with van der Waals surface area (Å²) in [4.78, 5) is 0. The SMILES string of the molecule is CCC=C(C)O.CCCC(O)O. The Morgan fingerprint density at radius 1 is 1.33 bits per heavy atom. The lowest BCUT2D eigenvalue weighted by atomic mass is 10.3. The van der Waals surface area contributed by atoms with Crippen molar-refractivity contribution in [3.8, 4) is 0 Å². The molecule has 74 valence electrons. The summed E-state index contributed by atoms with van der Waals surface area (Å²) in [5, 5.41) is 24.6. The maximum atomic E-state index is 8.41. The van der Waals surface area contributed by atoms with Gasteiger partial charge in [0.2, 0.25) is 0 Å². The molecule has 0 aliphatic rings. The van der Waals surface area contributed by atoms with Gasteiger partial charge >= 0.3 is 0 Å². The van der Waals surface area contributed by atoms with Gasteiger partial charge in [0.15, 0.2) is 6.29 Å². The minimum atomic E-state index is -1.10. The number of hydrogen-bond acceptors (Lipinski definition) is 3. The third kappa shape index (κ3) is 22.7. The fourth-order valence-electron chi connectivity index (χ4n) is 0.554. The summed E-state index contributed by atoms with van der Waals surface area (Å²) < 4.78 is 0. The van der Waals surface area contributed by atoms with Crippen LogP contribution in [0.15, 0.2) is 11.8 Å². The van der Waals surface area contributed by atoms with E-state index >= 15 is 0 Å². The summed E-state index contributed by atoms with van der Waals surface area (Å²) >= 11 is 0. The molecule has 3 N–H and O–H groups in total. The minimum absolute atomic E-state index is 0.414. The molecule has 0 unspecified atom stereocenters. The van der Waals surface area contributed by atoms with Crippen molar-refractivity contribution in [1.29, 1.82) is 0 Å². The van der Waals surface area contributed by atoms with Crippen molar-refractivity contribution < 1.29 is 15.3 Å². The standard InChI is InChI=1S/C5H10O.C4H10O2/c1-3-4-5(2)6;1-2-3-4(5)6/h4,6H,3H2,1-2H3;4-6H,2-3H2,1H3. The fourth-order valence-corrected chi connectivity index (χ4v) is 0.554. The normalized spacial score (nSPS) is 11.0. The largest absolute Gasteiger partial charge is 0.513 e. The van der Waals surface area contributed by atoms with Crippen LogP contribution in [0, 0.1) is 0 Å². The molecule has 0 atom stereocenters. The van der Waals surface area contributed by atoms with Gasteiger partial charge in [-0.15, -0.1) is 0 Å². The Bertz CT molecular complexity index is 104. The number of aliphatic hydroxyl groups excluding tert-OH is 2. The maximum absolute atomic E-state index is 8.41. The van der Waals surface area contributed by atoms with Gasteiger partial charge < -0.3 is 15.3 Å². The Kier molecular flexibility index (Phi) is 12.2. The summed E-state index contributed by atoms with van der Waals surface area (Å²) in [6, 6.07) is 0. The Balaban J connectivity index is 0. The van der Waals surface area contributed by atoms with E-state index in [4.69, 9.17) is 15.3 Å². The Labute approximate surface area is 74.4 Å². The minimum Gasteiger partial charge on any atom is -0.513 e. The van der Waals surface area contributed by atoms with Crippen LogP contribution >= 0.6 is 0 Å². The topological polar surface area (TPSA) is 60.7 Å². The van der Waals surface area contributed by atoms with Gasteiger partial charge in [-0.05, 0) is 25.8 Å². The van der Waals surface area contributed by atoms with E-state index in [0.29, 0.717) is 12.2 Å². The zero-order valence-corrected chi connectivity index (χ0v) is 8.12. The molecule has 0 aromatic rings. The zero-order valence-electron chi connectivity index (χ0n) is 8.12. The van der Waals surface area contributed by atoms with Crippen molar-refractivity contribution in [3.63, 3.8) is 0 Å². The molecule has 0 aromatic carbocycles. The van der Waals surface area contributed by atoms with Crippen molar-refractivity contribution in [1.82, 2.24) is 0 Å². The molecule has 0 heterocycles. The lowest BCUT2D eigenvalue weighted by Crippen LogP contribution is -2.01. The first-order chi connectivity index (χ1) is 5.54. The number of aliphatic hydroxyl groups is 3. The highest BCUT2D eigenvalue weighted by molar-refractivity contribution is 4.83. The van der Waals surface area contributed by atoms with E-state index in [9.17, 15) is 0 Å². The first-order valence-electron chi connectivity index (χ1n) is 4.26. The second kappa shape index (κ2) is 10.5. The molecule has 0 radical (unpaired) electrons. The second-order valence-electron chi connectivity index (χ2n) is 2.52. The lowest BCUT2D eigenvalue weighted by Gasteiger charge is -1.94. The molecule has 0 amide bonds. The summed E-state index contributed by atoms with van der Waals surface area (Å²) in [7, 11) is 0. The molecular weight excluding hydrogens is 156 g/mol. The molecule has 0 aromatic heterocycles. The van der Waals surface area contributed by atoms with E-state index in [1.807, 2.05) is 13.8 Å². The number of rotatable bonds is 3. The monoisotopic (exact) mass is 176 g/mol. The van der Waals surface area contributed by atoms with Gasteiger partial charge in [0.25, 0.3) is 0 Å². The first kappa shape index (κ1) is 14.0. The van der Waals surface area contributed by atoms with Gasteiger partial charge in [0.05, 0.1) is 5.76 Å². The lowest BCUT2D eigenvalue weighted by molar-refractivity contribution is -0.0453. The van der Waals surface area contributed by atoms with E-state index in [1.54, 1.807) is 13.0 Å². The Morgan fingerprint density at radius 3 is 1.83 bits per heavy atom. The van der Waals surface area contributed by atoms with Crippen LogP contribution in [-0.2, 0) is 0 Å². The third-order valence-corrected chi connectivity index (χ3v) is 1.05. The van der Waals surface area contributed by atoms with Crippen LogP contribution in [0.2, 0.25) is 0 Å². The molecule has 0 aliphatic carbocycles. The molecule has 3 nitrogen and oxygen atoms in total. The van der Waals surface area contributed by atoms with E-state index in [-0.39, 0.29) is 0 Å². The van der Waals surface area contributed by atoms with Crippen LogP contribution in [0.3, 0.4) is 0 Å². The second-order valence-corrected chi connectivity index (χ2v) is 2.52. The molecule has 0 bridgehead atoms. The molecule has 0 aliphatic heterocycles. The van der Waals surface area contributed by atoms with E-state index < -0.39 is 6.29 Å². The van der Waals surface area contributed by atoms with Crippen LogP contribution in [0.25, 0.3) is 0 Å². The predicted molar refractivity (Wildman–Crippen MR) is 49.8 cm³/mol. The van der Waals surface area contributed by atoms with Crippen molar-refractivity contribution in [2.45, 2.75) is 46.3 Å². The molecule has 0 rings (SSSR count). The average molecular weight is 176 g/mol. The van der Waals surface area contributed by atoms with Gasteiger partial charge in [-0.25, -0.2) is 0 Å². The third-order valence-electron chi connectivity index (χ3n) is 1.05. The van der Waals surface area contributed by atoms with E-state index in [2.05, 4.69) is 0 Å². The molecule has 0 spiro atoms. The smallest absolute Gasteiger partial charge is 0.151 e. The van der Waals surface area contributed by atoms with Crippen molar-refractivity contribution in [2.24, 2.45) is 0 Å². The highest BCUT2D eigenvalue weighted by Crippen LogP contribution is 1.88. The molecule has 0 saturated carbocycles. The molecule has 12 heavy (non-hydrogen) atoms. The van der Waals surface area contributed by atoms with Gasteiger partial charge in [0, 0.05) is 0 Å². The molecule has 0 fully saturated rings. The number of allylic oxidation sites excluding steroid dienone is 2. The van der Waals surface area contributed by atoms with Crippen LogP contribution in [0.4, 0.5) is 0 Å². The summed E-state index contributed by atoms with van der Waals surface area (Å²) in [6.07, 6.45) is 2.90. The zero-order chi connectivity index (χ0) is 9.98. The highest BCUT2D eigenvalue weighted by Gasteiger charge is 1.89. The van der Waals surface area contributed by atoms with Gasteiger partial charge in [-0.3, -0.25) is 0 Å². The summed E-state index contributed by atoms with van der Waals surface area (Å²) in [5.74, 6) is 0.414. The van der Waals surface area contributed by atoms with Gasteiger partial charge in [-0.1, -0.05) is 20.3 Å². The van der Waals surface area contributed by atoms with Crippen LogP contribution < -0.4 is 0 Å². The quantitative estimate of drug-likeness (QED) is 0.455. The summed E-state index contributed by atoms with van der Waals surface area (Å²) in [6.45, 7) is 5.56. The highest BCUT2D eigenvalue weighted by atomic mass is 16.5. The fraction of sp³-hybridized carbons (Fsp3) is 0.778. The van der Waals surface area contributed by atoms with Crippen LogP contribution in [0.5, 0.6) is 0 Å². The summed E-state index contributed by atoms with van der Waals surface area (Å²) in [5.41, 5.74) is 0. The van der Waals surface area contributed by atoms with Crippen LogP contribution in [0.1, 0.15) is 40.0 Å². The van der Waals surface area contributed by atoms with Gasteiger partial charge in [0.1, 0.15) is 0 Å². The van der Waals surface area contributed by atoms with Crippen molar-refractivity contribution in [2.75, 3.05) is 0 Å². The van der Waals surface area contributed by atoms with Crippen molar-refractivity contribution in [3.05, 3.63) is 11.8 Å². The van der Waals surface area contributed by atoms with Crippen LogP contribution in [-0.4, -0.2) is 21.6 Å². The van der Waals surface area contributed by atoms with Gasteiger partial charge in [-0.2, -0.15) is 0 Å². The molecule has 0 saturated heterocycles. The predicted octanol–water partition coefficient (Wildman–Crippen LogP) is 1.96. The van der Waals surface area contributed by atoms with E-state index in [0.717, 1.165) is 12.8 Å². The van der Waals surface area contributed by atoms with E-state index in [1.165, 1.54) is 0 Å². The first-order valence-corrected chi connectivity index (χ1v) is 4.26. The molecule has 3 heteroatoms. The Hall–Kier alpha value is -0.540.